The van der Waals surface area contributed by atoms with Crippen molar-refractivity contribution in [2.75, 3.05) is 19.8 Å². The Labute approximate surface area is 114 Å². The molecular formula is C14H24N2OS. The van der Waals surface area contributed by atoms with Gasteiger partial charge in [-0.15, -0.1) is 11.3 Å². The molecule has 1 aromatic heterocycles. The molecule has 0 bridgehead atoms. The van der Waals surface area contributed by atoms with Crippen molar-refractivity contribution in [1.82, 2.24) is 10.3 Å². The van der Waals surface area contributed by atoms with Crippen LogP contribution in [0.4, 0.5) is 0 Å². The van der Waals surface area contributed by atoms with Crippen molar-refractivity contribution >= 4 is 11.3 Å². The van der Waals surface area contributed by atoms with Gasteiger partial charge in [0.15, 0.2) is 0 Å². The summed E-state index contributed by atoms with van der Waals surface area (Å²) in [5.41, 5.74) is 1.21. The molecule has 1 aromatic rings. The maximum atomic E-state index is 5.42. The summed E-state index contributed by atoms with van der Waals surface area (Å²) in [5, 5.41) is 4.55. The summed E-state index contributed by atoms with van der Waals surface area (Å²) in [7, 11) is 0. The summed E-state index contributed by atoms with van der Waals surface area (Å²) in [6.07, 6.45) is 1.97. The number of hydrogen-bond donors (Lipinski definition) is 1. The zero-order valence-corrected chi connectivity index (χ0v) is 12.7. The molecule has 1 N–H and O–H groups in total. The highest BCUT2D eigenvalue weighted by Crippen LogP contribution is 2.26. The summed E-state index contributed by atoms with van der Waals surface area (Å²) < 4.78 is 5.42. The molecule has 102 valence electrons. The highest BCUT2D eigenvalue weighted by Gasteiger charge is 2.17. The van der Waals surface area contributed by atoms with Crippen molar-refractivity contribution in [1.29, 1.82) is 0 Å². The Hall–Kier alpha value is -0.710. The molecule has 0 fully saturated rings. The molecule has 0 radical (unpaired) electrons. The molecule has 0 spiro atoms. The molecule has 0 aliphatic rings. The lowest BCUT2D eigenvalue weighted by Crippen LogP contribution is -2.19. The fourth-order valence-electron chi connectivity index (χ4n) is 1.34. The first-order chi connectivity index (χ1) is 8.39. The van der Waals surface area contributed by atoms with E-state index in [4.69, 9.17) is 4.74 Å². The Bertz CT molecular complexity index is 379. The molecular weight excluding hydrogens is 244 g/mol. The number of ether oxygens (including phenoxy) is 1. The summed E-state index contributed by atoms with van der Waals surface area (Å²) >= 11 is 1.78. The normalized spacial score (nSPS) is 11.8. The molecule has 0 amide bonds. The average Bonchev–Trinajstić information content (AvgIpc) is 2.71. The zero-order valence-electron chi connectivity index (χ0n) is 11.9. The second-order valence-corrected chi connectivity index (χ2v) is 6.68. The van der Waals surface area contributed by atoms with E-state index in [1.165, 1.54) is 9.88 Å². The zero-order chi connectivity index (χ0) is 13.6. The molecule has 0 aromatic carbocycles. The van der Waals surface area contributed by atoms with Crippen LogP contribution in [0.25, 0.3) is 0 Å². The van der Waals surface area contributed by atoms with E-state index in [1.807, 2.05) is 13.1 Å². The summed E-state index contributed by atoms with van der Waals surface area (Å²) in [6.45, 7) is 15.4. The van der Waals surface area contributed by atoms with Crippen LogP contribution in [0.3, 0.4) is 0 Å². The van der Waals surface area contributed by atoms with E-state index in [0.717, 1.165) is 25.3 Å². The van der Waals surface area contributed by atoms with Crippen LogP contribution in [0.5, 0.6) is 0 Å². The van der Waals surface area contributed by atoms with Gasteiger partial charge in [0.1, 0.15) is 0 Å². The molecule has 0 aliphatic carbocycles. The van der Waals surface area contributed by atoms with Crippen LogP contribution < -0.4 is 5.32 Å². The van der Waals surface area contributed by atoms with Gasteiger partial charge in [-0.05, 0) is 6.92 Å². The van der Waals surface area contributed by atoms with E-state index in [2.05, 4.69) is 37.7 Å². The Kier molecular flexibility index (Phi) is 5.99. The second kappa shape index (κ2) is 7.02. The minimum atomic E-state index is 0.146. The van der Waals surface area contributed by atoms with Crippen LogP contribution in [-0.2, 0) is 16.7 Å². The maximum absolute atomic E-state index is 5.42. The van der Waals surface area contributed by atoms with Crippen molar-refractivity contribution in [3.8, 4) is 0 Å². The van der Waals surface area contributed by atoms with Gasteiger partial charge in [-0.25, -0.2) is 4.98 Å². The standard InChI is InChI=1S/C14H24N2OS/c1-11(2)10-17-7-6-15-8-12-9-16-13(18-12)14(3,4)5/h9,15H,1,6-8,10H2,2-5H3. The number of rotatable bonds is 7. The smallest absolute Gasteiger partial charge is 0.0981 e. The van der Waals surface area contributed by atoms with Crippen LogP contribution in [-0.4, -0.2) is 24.7 Å². The van der Waals surface area contributed by atoms with Crippen molar-refractivity contribution in [2.24, 2.45) is 0 Å². The molecule has 1 heterocycles. The van der Waals surface area contributed by atoms with Crippen LogP contribution in [0.15, 0.2) is 18.3 Å². The lowest BCUT2D eigenvalue weighted by Gasteiger charge is -2.13. The van der Waals surface area contributed by atoms with Gasteiger partial charge in [0.05, 0.1) is 18.2 Å². The third-order valence-corrected chi connectivity index (χ3v) is 3.69. The molecule has 1 rings (SSSR count). The third-order valence-electron chi connectivity index (χ3n) is 2.27. The Balaban J connectivity index is 2.20. The van der Waals surface area contributed by atoms with Crippen LogP contribution in [0.2, 0.25) is 0 Å². The van der Waals surface area contributed by atoms with E-state index in [0.29, 0.717) is 6.61 Å². The van der Waals surface area contributed by atoms with E-state index < -0.39 is 0 Å². The van der Waals surface area contributed by atoms with Gasteiger partial charge in [0.25, 0.3) is 0 Å². The SMILES string of the molecule is C=C(C)COCCNCc1cnc(C(C)(C)C)s1. The fourth-order valence-corrected chi connectivity index (χ4v) is 2.28. The molecule has 0 saturated heterocycles. The first kappa shape index (κ1) is 15.3. The maximum Gasteiger partial charge on any atom is 0.0981 e. The quantitative estimate of drug-likeness (QED) is 0.609. The fraction of sp³-hybridized carbons (Fsp3) is 0.643. The Morgan fingerprint density at radius 2 is 2.22 bits per heavy atom. The van der Waals surface area contributed by atoms with Gasteiger partial charge in [-0.2, -0.15) is 0 Å². The largest absolute Gasteiger partial charge is 0.376 e. The van der Waals surface area contributed by atoms with Crippen LogP contribution in [0.1, 0.15) is 37.6 Å². The monoisotopic (exact) mass is 268 g/mol. The summed E-state index contributed by atoms with van der Waals surface area (Å²) in [4.78, 5) is 5.74. The predicted molar refractivity (Wildman–Crippen MR) is 78.2 cm³/mol. The highest BCUT2D eigenvalue weighted by molar-refractivity contribution is 7.11. The number of nitrogens with one attached hydrogen (secondary N) is 1. The predicted octanol–water partition coefficient (Wildman–Crippen LogP) is 3.12. The van der Waals surface area contributed by atoms with Crippen molar-refractivity contribution in [3.63, 3.8) is 0 Å². The molecule has 0 saturated carbocycles. The van der Waals surface area contributed by atoms with E-state index in [-0.39, 0.29) is 5.41 Å². The van der Waals surface area contributed by atoms with Gasteiger partial charge in [-0.3, -0.25) is 0 Å². The highest BCUT2D eigenvalue weighted by atomic mass is 32.1. The minimum Gasteiger partial charge on any atom is -0.376 e. The molecule has 3 nitrogen and oxygen atoms in total. The van der Waals surface area contributed by atoms with E-state index in [9.17, 15) is 0 Å². The number of thiazole rings is 1. The first-order valence-corrected chi connectivity index (χ1v) is 7.09. The van der Waals surface area contributed by atoms with Crippen molar-refractivity contribution in [2.45, 2.75) is 39.7 Å². The number of aromatic nitrogens is 1. The van der Waals surface area contributed by atoms with Gasteiger partial charge in [-0.1, -0.05) is 32.9 Å². The molecule has 18 heavy (non-hydrogen) atoms. The minimum absolute atomic E-state index is 0.146. The lowest BCUT2D eigenvalue weighted by molar-refractivity contribution is 0.158. The average molecular weight is 268 g/mol. The van der Waals surface area contributed by atoms with Crippen molar-refractivity contribution < 1.29 is 4.74 Å². The van der Waals surface area contributed by atoms with Gasteiger partial charge >= 0.3 is 0 Å². The second-order valence-electron chi connectivity index (χ2n) is 5.57. The van der Waals surface area contributed by atoms with Crippen molar-refractivity contribution in [3.05, 3.63) is 28.2 Å². The molecule has 0 unspecified atom stereocenters. The van der Waals surface area contributed by atoms with E-state index in [1.54, 1.807) is 11.3 Å². The molecule has 0 atom stereocenters. The number of nitrogens with zero attached hydrogens (tertiary/aromatic N) is 1. The lowest BCUT2D eigenvalue weighted by atomic mass is 9.98. The van der Waals surface area contributed by atoms with Gasteiger partial charge in [0, 0.05) is 29.6 Å². The summed E-state index contributed by atoms with van der Waals surface area (Å²) in [5.74, 6) is 0. The van der Waals surface area contributed by atoms with Gasteiger partial charge in [0.2, 0.25) is 0 Å². The molecule has 4 heteroatoms. The molecule has 0 aliphatic heterocycles. The Morgan fingerprint density at radius 1 is 1.50 bits per heavy atom. The number of hydrogen-bond acceptors (Lipinski definition) is 4. The van der Waals surface area contributed by atoms with Gasteiger partial charge < -0.3 is 10.1 Å². The van der Waals surface area contributed by atoms with Crippen LogP contribution >= 0.6 is 11.3 Å². The third kappa shape index (κ3) is 5.76. The summed E-state index contributed by atoms with van der Waals surface area (Å²) in [6, 6.07) is 0. The topological polar surface area (TPSA) is 34.1 Å². The van der Waals surface area contributed by atoms with E-state index >= 15 is 0 Å². The Morgan fingerprint density at radius 3 is 2.78 bits per heavy atom. The van der Waals surface area contributed by atoms with Crippen LogP contribution in [0, 0.1) is 0 Å². The first-order valence-electron chi connectivity index (χ1n) is 6.27.